The van der Waals surface area contributed by atoms with Gasteiger partial charge in [-0.1, -0.05) is 32.6 Å². The van der Waals surface area contributed by atoms with Crippen LogP contribution in [0.5, 0.6) is 5.75 Å². The molecule has 0 aliphatic rings. The highest BCUT2D eigenvalue weighted by molar-refractivity contribution is 7.11. The van der Waals surface area contributed by atoms with Gasteiger partial charge in [-0.15, -0.1) is 11.3 Å². The lowest BCUT2D eigenvalue weighted by Crippen LogP contribution is -1.95. The molecule has 0 radical (unpaired) electrons. The fourth-order valence-electron chi connectivity index (χ4n) is 1.37. The van der Waals surface area contributed by atoms with Crippen LogP contribution in [0.2, 0.25) is 0 Å². The van der Waals surface area contributed by atoms with Crippen LogP contribution in [-0.2, 0) is 0 Å². The molecule has 0 N–H and O–H groups in total. The van der Waals surface area contributed by atoms with Gasteiger partial charge in [0, 0.05) is 11.4 Å². The third-order valence-electron chi connectivity index (χ3n) is 2.23. The molecule has 0 saturated carbocycles. The molecule has 15 heavy (non-hydrogen) atoms. The van der Waals surface area contributed by atoms with Crippen molar-refractivity contribution in [2.24, 2.45) is 0 Å². The van der Waals surface area contributed by atoms with Crippen LogP contribution < -0.4 is 4.74 Å². The van der Waals surface area contributed by atoms with Crippen molar-refractivity contribution in [1.82, 2.24) is 0 Å². The molecule has 0 spiro atoms. The molecule has 2 nitrogen and oxygen atoms in total. The fourth-order valence-corrected chi connectivity index (χ4v) is 2.00. The molecule has 1 aromatic rings. The van der Waals surface area contributed by atoms with Gasteiger partial charge in [-0.25, -0.2) is 0 Å². The van der Waals surface area contributed by atoms with Crippen LogP contribution in [0.4, 0.5) is 0 Å². The lowest BCUT2D eigenvalue weighted by Gasteiger charge is -2.02. The van der Waals surface area contributed by atoms with Crippen molar-refractivity contribution in [2.45, 2.75) is 39.0 Å². The summed E-state index contributed by atoms with van der Waals surface area (Å²) in [4.78, 5) is 11.2. The van der Waals surface area contributed by atoms with E-state index < -0.39 is 0 Å². The van der Waals surface area contributed by atoms with Gasteiger partial charge in [-0.3, -0.25) is 4.79 Å². The summed E-state index contributed by atoms with van der Waals surface area (Å²) in [6.07, 6.45) is 7.08. The van der Waals surface area contributed by atoms with Crippen molar-refractivity contribution in [2.75, 3.05) is 6.61 Å². The molecule has 0 aliphatic heterocycles. The van der Waals surface area contributed by atoms with Crippen molar-refractivity contribution in [3.63, 3.8) is 0 Å². The van der Waals surface area contributed by atoms with E-state index in [1.54, 1.807) is 6.07 Å². The number of unbranched alkanes of at least 4 members (excludes halogenated alkanes) is 4. The summed E-state index contributed by atoms with van der Waals surface area (Å²) in [5.74, 6) is 0.831. The van der Waals surface area contributed by atoms with Gasteiger partial charge in [0.1, 0.15) is 5.75 Å². The highest BCUT2D eigenvalue weighted by Crippen LogP contribution is 2.20. The Bertz CT molecular complexity index is 281. The standard InChI is InChI=1S/C12H18O2S/c1-2-3-4-5-6-7-14-11-8-12(9-13)15-10-11/h8-10H,2-7H2,1H3. The van der Waals surface area contributed by atoms with E-state index in [0.717, 1.165) is 29.9 Å². The molecule has 0 fully saturated rings. The maximum atomic E-state index is 10.4. The Morgan fingerprint density at radius 3 is 2.80 bits per heavy atom. The van der Waals surface area contributed by atoms with Crippen LogP contribution in [0.15, 0.2) is 11.4 Å². The number of hydrogen-bond donors (Lipinski definition) is 0. The zero-order valence-electron chi connectivity index (χ0n) is 9.20. The summed E-state index contributed by atoms with van der Waals surface area (Å²) in [7, 11) is 0. The van der Waals surface area contributed by atoms with E-state index in [4.69, 9.17) is 4.74 Å². The minimum Gasteiger partial charge on any atom is -0.493 e. The summed E-state index contributed by atoms with van der Waals surface area (Å²) in [5.41, 5.74) is 0. The lowest BCUT2D eigenvalue weighted by molar-refractivity contribution is 0.112. The Hall–Kier alpha value is -0.830. The van der Waals surface area contributed by atoms with E-state index in [9.17, 15) is 4.79 Å². The molecule has 0 amide bonds. The van der Waals surface area contributed by atoms with Gasteiger partial charge in [0.15, 0.2) is 6.29 Å². The molecule has 0 aliphatic carbocycles. The van der Waals surface area contributed by atoms with Crippen molar-refractivity contribution in [3.8, 4) is 5.75 Å². The van der Waals surface area contributed by atoms with Gasteiger partial charge in [0.05, 0.1) is 11.5 Å². The Balaban J connectivity index is 2.07. The Morgan fingerprint density at radius 2 is 2.13 bits per heavy atom. The molecule has 0 atom stereocenters. The second-order valence-corrected chi connectivity index (χ2v) is 4.51. The second-order valence-electron chi connectivity index (χ2n) is 3.57. The SMILES string of the molecule is CCCCCCCOc1csc(C=O)c1. The maximum Gasteiger partial charge on any atom is 0.160 e. The van der Waals surface area contributed by atoms with Crippen molar-refractivity contribution < 1.29 is 9.53 Å². The van der Waals surface area contributed by atoms with Crippen molar-refractivity contribution in [3.05, 3.63) is 16.3 Å². The molecule has 1 rings (SSSR count). The molecule has 3 heteroatoms. The largest absolute Gasteiger partial charge is 0.493 e. The Morgan fingerprint density at radius 1 is 1.33 bits per heavy atom. The van der Waals surface area contributed by atoms with Gasteiger partial charge in [-0.05, 0) is 6.42 Å². The van der Waals surface area contributed by atoms with E-state index in [0.29, 0.717) is 0 Å². The number of carbonyl (C=O) groups excluding carboxylic acids is 1. The van der Waals surface area contributed by atoms with Crippen LogP contribution >= 0.6 is 11.3 Å². The second kappa shape index (κ2) is 7.46. The first kappa shape index (κ1) is 12.2. The highest BCUT2D eigenvalue weighted by Gasteiger charge is 1.98. The Kier molecular flexibility index (Phi) is 6.09. The van der Waals surface area contributed by atoms with E-state index >= 15 is 0 Å². The molecule has 1 heterocycles. The Labute approximate surface area is 95.3 Å². The average Bonchev–Trinajstić information content (AvgIpc) is 2.71. The number of thiophene rings is 1. The number of carbonyl (C=O) groups is 1. The topological polar surface area (TPSA) is 26.3 Å². The van der Waals surface area contributed by atoms with Gasteiger partial charge < -0.3 is 4.74 Å². The normalized spacial score (nSPS) is 10.2. The van der Waals surface area contributed by atoms with Crippen LogP contribution in [0.3, 0.4) is 0 Å². The predicted molar refractivity (Wildman–Crippen MR) is 64.0 cm³/mol. The number of rotatable bonds is 8. The molecule has 0 unspecified atom stereocenters. The van der Waals surface area contributed by atoms with Crippen LogP contribution in [0.25, 0.3) is 0 Å². The van der Waals surface area contributed by atoms with Crippen LogP contribution in [0.1, 0.15) is 48.7 Å². The molecular weight excluding hydrogens is 208 g/mol. The first-order valence-corrected chi connectivity index (χ1v) is 6.41. The minimum atomic E-state index is 0.732. The van der Waals surface area contributed by atoms with Gasteiger partial charge >= 0.3 is 0 Å². The molecular formula is C12H18O2S. The van der Waals surface area contributed by atoms with Crippen molar-refractivity contribution in [1.29, 1.82) is 0 Å². The van der Waals surface area contributed by atoms with E-state index in [-0.39, 0.29) is 0 Å². The van der Waals surface area contributed by atoms with Gasteiger partial charge in [-0.2, -0.15) is 0 Å². The maximum absolute atomic E-state index is 10.4. The van der Waals surface area contributed by atoms with Crippen LogP contribution in [0, 0.1) is 0 Å². The first-order chi connectivity index (χ1) is 7.36. The summed E-state index contributed by atoms with van der Waals surface area (Å²) < 4.78 is 5.52. The van der Waals surface area contributed by atoms with E-state index in [1.807, 2.05) is 5.38 Å². The number of hydrogen-bond acceptors (Lipinski definition) is 3. The van der Waals surface area contributed by atoms with Crippen molar-refractivity contribution >= 4 is 17.6 Å². The summed E-state index contributed by atoms with van der Waals surface area (Å²) in [6, 6.07) is 1.80. The predicted octanol–water partition coefficient (Wildman–Crippen LogP) is 3.91. The third-order valence-corrected chi connectivity index (χ3v) is 3.06. The third kappa shape index (κ3) is 4.98. The molecule has 0 bridgehead atoms. The smallest absolute Gasteiger partial charge is 0.160 e. The van der Waals surface area contributed by atoms with Gasteiger partial charge in [0.25, 0.3) is 0 Å². The van der Waals surface area contributed by atoms with E-state index in [1.165, 1.54) is 37.0 Å². The first-order valence-electron chi connectivity index (χ1n) is 5.53. The quantitative estimate of drug-likeness (QED) is 0.496. The minimum absolute atomic E-state index is 0.732. The summed E-state index contributed by atoms with van der Waals surface area (Å²) in [6.45, 7) is 2.97. The van der Waals surface area contributed by atoms with Crippen LogP contribution in [-0.4, -0.2) is 12.9 Å². The highest BCUT2D eigenvalue weighted by atomic mass is 32.1. The zero-order valence-corrected chi connectivity index (χ0v) is 10.0. The average molecular weight is 226 g/mol. The fraction of sp³-hybridized carbons (Fsp3) is 0.583. The zero-order chi connectivity index (χ0) is 10.9. The van der Waals surface area contributed by atoms with Gasteiger partial charge in [0.2, 0.25) is 0 Å². The molecule has 84 valence electrons. The number of aldehydes is 1. The van der Waals surface area contributed by atoms with E-state index in [2.05, 4.69) is 6.92 Å². The lowest BCUT2D eigenvalue weighted by atomic mass is 10.2. The molecule has 0 aromatic carbocycles. The molecule has 0 saturated heterocycles. The monoisotopic (exact) mass is 226 g/mol. The molecule has 1 aromatic heterocycles. The summed E-state index contributed by atoms with van der Waals surface area (Å²) >= 11 is 1.43. The number of ether oxygens (including phenoxy) is 1. The summed E-state index contributed by atoms with van der Waals surface area (Å²) in [5, 5.41) is 1.88.